The number of anilines is 4. The van der Waals surface area contributed by atoms with Gasteiger partial charge in [0.2, 0.25) is 5.95 Å². The Bertz CT molecular complexity index is 1220. The lowest BCUT2D eigenvalue weighted by Gasteiger charge is -2.13. The lowest BCUT2D eigenvalue weighted by molar-refractivity contribution is 1.17. The number of nitrogens with zero attached hydrogens (tertiary/aromatic N) is 3. The monoisotopic (exact) mass is 373 g/mol. The van der Waals surface area contributed by atoms with Gasteiger partial charge in [-0.3, -0.25) is 4.79 Å². The number of benzene rings is 1. The molecule has 5 N–H and O–H groups in total. The van der Waals surface area contributed by atoms with Crippen molar-refractivity contribution < 1.29 is 0 Å². The van der Waals surface area contributed by atoms with Crippen LogP contribution in [0.4, 0.5) is 23.1 Å². The molecule has 4 aromatic rings. The Morgan fingerprint density at radius 1 is 1.11 bits per heavy atom. The van der Waals surface area contributed by atoms with Gasteiger partial charge in [-0.2, -0.15) is 0 Å². The van der Waals surface area contributed by atoms with Gasteiger partial charge in [0.05, 0.1) is 11.1 Å². The summed E-state index contributed by atoms with van der Waals surface area (Å²) in [5, 5.41) is 7.67. The van der Waals surface area contributed by atoms with Crippen molar-refractivity contribution in [1.82, 2.24) is 19.9 Å². The van der Waals surface area contributed by atoms with Gasteiger partial charge in [-0.25, -0.2) is 15.0 Å². The molecular weight excluding hydrogens is 354 g/mol. The first-order valence-electron chi connectivity index (χ1n) is 8.71. The molecule has 0 bridgehead atoms. The first-order valence-corrected chi connectivity index (χ1v) is 8.71. The van der Waals surface area contributed by atoms with Crippen molar-refractivity contribution in [2.24, 2.45) is 0 Å². The lowest BCUT2D eigenvalue weighted by atomic mass is 10.1. The topological polar surface area (TPSA) is 122 Å². The summed E-state index contributed by atoms with van der Waals surface area (Å²) >= 11 is 0. The zero-order chi connectivity index (χ0) is 19.7. The average molecular weight is 373 g/mol. The maximum absolute atomic E-state index is 12.5. The third-order valence-electron chi connectivity index (χ3n) is 4.49. The van der Waals surface area contributed by atoms with Crippen LogP contribution in [-0.2, 0) is 0 Å². The second-order valence-electron chi connectivity index (χ2n) is 6.36. The van der Waals surface area contributed by atoms with Gasteiger partial charge in [-0.15, -0.1) is 0 Å². The van der Waals surface area contributed by atoms with E-state index in [4.69, 9.17) is 5.73 Å². The minimum atomic E-state index is -0.214. The Kier molecular flexibility index (Phi) is 4.36. The van der Waals surface area contributed by atoms with Crippen molar-refractivity contribution in [3.05, 3.63) is 64.8 Å². The van der Waals surface area contributed by atoms with Crippen molar-refractivity contribution >= 4 is 33.9 Å². The molecule has 0 aliphatic rings. The fourth-order valence-corrected chi connectivity index (χ4v) is 3.03. The molecular formula is C20H19N7O. The zero-order valence-electron chi connectivity index (χ0n) is 15.4. The van der Waals surface area contributed by atoms with E-state index in [1.54, 1.807) is 18.6 Å². The summed E-state index contributed by atoms with van der Waals surface area (Å²) < 4.78 is 0. The molecule has 8 heteroatoms. The molecule has 8 nitrogen and oxygen atoms in total. The summed E-state index contributed by atoms with van der Waals surface area (Å²) in [4.78, 5) is 27.9. The van der Waals surface area contributed by atoms with Crippen molar-refractivity contribution in [2.75, 3.05) is 23.4 Å². The third-order valence-corrected chi connectivity index (χ3v) is 4.49. The van der Waals surface area contributed by atoms with E-state index in [0.29, 0.717) is 22.5 Å². The number of rotatable bonds is 4. The van der Waals surface area contributed by atoms with E-state index < -0.39 is 0 Å². The van der Waals surface area contributed by atoms with E-state index in [9.17, 15) is 4.79 Å². The van der Waals surface area contributed by atoms with Gasteiger partial charge in [0.15, 0.2) is 0 Å². The molecule has 3 aromatic heterocycles. The Labute approximate surface area is 160 Å². The van der Waals surface area contributed by atoms with Crippen LogP contribution in [-0.4, -0.2) is 27.0 Å². The van der Waals surface area contributed by atoms with Crippen LogP contribution in [0.2, 0.25) is 0 Å². The van der Waals surface area contributed by atoms with Crippen LogP contribution in [0, 0.1) is 6.92 Å². The van der Waals surface area contributed by atoms with Gasteiger partial charge in [0.1, 0.15) is 5.82 Å². The molecule has 0 atom stereocenters. The molecule has 0 spiro atoms. The van der Waals surface area contributed by atoms with E-state index in [1.807, 2.05) is 44.3 Å². The molecule has 0 unspecified atom stereocenters. The maximum Gasteiger partial charge on any atom is 0.259 e. The summed E-state index contributed by atoms with van der Waals surface area (Å²) in [6.07, 6.45) is 4.83. The number of fused-ring (bicyclic) bond motifs is 1. The van der Waals surface area contributed by atoms with Gasteiger partial charge < -0.3 is 21.4 Å². The van der Waals surface area contributed by atoms with Crippen molar-refractivity contribution in [2.45, 2.75) is 6.92 Å². The SMILES string of the molecule is CNc1cc(Nc2nc(-c3cnc(N)nc3)cc3cc[nH]c(=O)c23)ccc1C. The van der Waals surface area contributed by atoms with Crippen LogP contribution in [0.5, 0.6) is 0 Å². The van der Waals surface area contributed by atoms with E-state index in [2.05, 4.69) is 30.6 Å². The quantitative estimate of drug-likeness (QED) is 0.434. The standard InChI is InChI=1S/C20H19N7O/c1-11-3-4-14(8-15(11)22-2)26-18-17-12(5-6-23-19(17)28)7-16(27-18)13-9-24-20(21)25-10-13/h3-10,22H,1-2H3,(H,23,28)(H,26,27)(H2,21,24,25). The Morgan fingerprint density at radius 2 is 1.89 bits per heavy atom. The number of aryl methyl sites for hydroxylation is 1. The first-order chi connectivity index (χ1) is 13.5. The third kappa shape index (κ3) is 3.23. The lowest BCUT2D eigenvalue weighted by Crippen LogP contribution is -2.09. The molecule has 0 aliphatic heterocycles. The Balaban J connectivity index is 1.88. The van der Waals surface area contributed by atoms with Gasteiger partial charge in [0.25, 0.3) is 5.56 Å². The van der Waals surface area contributed by atoms with E-state index in [1.165, 1.54) is 0 Å². The number of pyridine rings is 2. The number of hydrogen-bond donors (Lipinski definition) is 4. The number of nitrogens with two attached hydrogens (primary N) is 1. The highest BCUT2D eigenvalue weighted by Gasteiger charge is 2.12. The number of H-pyrrole nitrogens is 1. The van der Waals surface area contributed by atoms with Gasteiger partial charge >= 0.3 is 0 Å². The van der Waals surface area contributed by atoms with Crippen LogP contribution in [0.15, 0.2) is 53.7 Å². The van der Waals surface area contributed by atoms with Gasteiger partial charge in [0, 0.05) is 42.6 Å². The molecule has 0 amide bonds. The minimum Gasteiger partial charge on any atom is -0.388 e. The second kappa shape index (κ2) is 6.99. The fraction of sp³-hybridized carbons (Fsp3) is 0.100. The summed E-state index contributed by atoms with van der Waals surface area (Å²) in [6.45, 7) is 2.02. The molecule has 140 valence electrons. The fourth-order valence-electron chi connectivity index (χ4n) is 3.03. The summed E-state index contributed by atoms with van der Waals surface area (Å²) in [6, 6.07) is 9.58. The highest BCUT2D eigenvalue weighted by Crippen LogP contribution is 2.28. The minimum absolute atomic E-state index is 0.193. The number of hydrogen-bond acceptors (Lipinski definition) is 7. The summed E-state index contributed by atoms with van der Waals surface area (Å²) in [5.41, 5.74) is 9.65. The number of aromatic nitrogens is 4. The number of nitrogens with one attached hydrogen (secondary N) is 3. The summed E-state index contributed by atoms with van der Waals surface area (Å²) in [7, 11) is 1.87. The summed E-state index contributed by atoms with van der Waals surface area (Å²) in [5.74, 6) is 0.649. The molecule has 0 saturated heterocycles. The smallest absolute Gasteiger partial charge is 0.259 e. The predicted molar refractivity (Wildman–Crippen MR) is 112 cm³/mol. The molecule has 0 saturated carbocycles. The van der Waals surface area contributed by atoms with Crippen LogP contribution in [0.25, 0.3) is 22.0 Å². The van der Waals surface area contributed by atoms with E-state index in [-0.39, 0.29) is 11.5 Å². The maximum atomic E-state index is 12.5. The average Bonchev–Trinajstić information content (AvgIpc) is 2.70. The van der Waals surface area contributed by atoms with Crippen molar-refractivity contribution in [3.63, 3.8) is 0 Å². The molecule has 4 rings (SSSR count). The van der Waals surface area contributed by atoms with Crippen LogP contribution >= 0.6 is 0 Å². The van der Waals surface area contributed by atoms with Crippen molar-refractivity contribution in [1.29, 1.82) is 0 Å². The van der Waals surface area contributed by atoms with Gasteiger partial charge in [-0.1, -0.05) is 6.07 Å². The second-order valence-corrected chi connectivity index (χ2v) is 6.36. The van der Waals surface area contributed by atoms with Crippen molar-refractivity contribution in [3.8, 4) is 11.3 Å². The first kappa shape index (κ1) is 17.5. The van der Waals surface area contributed by atoms with E-state index in [0.717, 1.165) is 22.3 Å². The Morgan fingerprint density at radius 3 is 2.64 bits per heavy atom. The molecule has 3 heterocycles. The molecule has 28 heavy (non-hydrogen) atoms. The predicted octanol–water partition coefficient (Wildman–Crippen LogP) is 3.06. The normalized spacial score (nSPS) is 10.8. The molecule has 0 aliphatic carbocycles. The Hall–Kier alpha value is -3.94. The van der Waals surface area contributed by atoms with Gasteiger partial charge in [-0.05, 0) is 42.1 Å². The van der Waals surface area contributed by atoms with Crippen LogP contribution < -0.4 is 21.9 Å². The number of aromatic amines is 1. The largest absolute Gasteiger partial charge is 0.388 e. The molecule has 1 aromatic carbocycles. The molecule has 0 fully saturated rings. The number of nitrogen functional groups attached to an aromatic ring is 1. The zero-order valence-corrected chi connectivity index (χ0v) is 15.4. The molecule has 0 radical (unpaired) electrons. The van der Waals surface area contributed by atoms with Crippen LogP contribution in [0.3, 0.4) is 0 Å². The highest BCUT2D eigenvalue weighted by atomic mass is 16.1. The van der Waals surface area contributed by atoms with E-state index >= 15 is 0 Å². The highest BCUT2D eigenvalue weighted by molar-refractivity contribution is 5.95. The van der Waals surface area contributed by atoms with Crippen LogP contribution in [0.1, 0.15) is 5.56 Å².